The number of esters is 1. The minimum Gasteiger partial charge on any atom is -0.429 e. The summed E-state index contributed by atoms with van der Waals surface area (Å²) < 4.78 is 17.9. The summed E-state index contributed by atoms with van der Waals surface area (Å²) in [6.45, 7) is 13.8. The Kier molecular flexibility index (Phi) is 5.98. The first-order valence-electron chi connectivity index (χ1n) is 9.27. The van der Waals surface area contributed by atoms with Crippen molar-refractivity contribution in [2.45, 2.75) is 96.1 Å². The molecule has 0 aromatic carbocycles. The van der Waals surface area contributed by atoms with Gasteiger partial charge >= 0.3 is 5.97 Å². The third-order valence-electron chi connectivity index (χ3n) is 5.68. The average molecular weight is 355 g/mol. The molecule has 0 saturated carbocycles. The molecule has 0 amide bonds. The quantitative estimate of drug-likeness (QED) is 0.529. The van der Waals surface area contributed by atoms with Crippen LogP contribution in [-0.4, -0.2) is 32.6 Å². The maximum absolute atomic E-state index is 12.6. The van der Waals surface area contributed by atoms with Gasteiger partial charge in [0.05, 0.1) is 6.10 Å². The molecule has 24 heavy (non-hydrogen) atoms. The summed E-state index contributed by atoms with van der Waals surface area (Å²) in [4.78, 5) is 12.6. The normalized spacial score (nSPS) is 29.1. The van der Waals surface area contributed by atoms with E-state index in [2.05, 4.69) is 33.9 Å². The van der Waals surface area contributed by atoms with Gasteiger partial charge in [0, 0.05) is 13.0 Å². The first-order valence-corrected chi connectivity index (χ1v) is 12.2. The van der Waals surface area contributed by atoms with E-state index in [0.717, 1.165) is 37.9 Å². The SMILES string of the molecule is CC(C)(C)[Si](C)(C)OC1CC=C(OC(=O)[C@@]2(C)CCCCCO2)C1. The van der Waals surface area contributed by atoms with Crippen molar-refractivity contribution in [2.24, 2.45) is 0 Å². The lowest BCUT2D eigenvalue weighted by molar-refractivity contribution is -0.166. The number of carbonyl (C=O) groups excluding carboxylic acids is 1. The van der Waals surface area contributed by atoms with Crippen LogP contribution in [0.5, 0.6) is 0 Å². The maximum Gasteiger partial charge on any atom is 0.343 e. The molecule has 0 spiro atoms. The van der Waals surface area contributed by atoms with E-state index in [1.807, 2.05) is 13.0 Å². The molecule has 2 atom stereocenters. The monoisotopic (exact) mass is 354 g/mol. The van der Waals surface area contributed by atoms with Gasteiger partial charge in [-0.3, -0.25) is 0 Å². The van der Waals surface area contributed by atoms with Crippen LogP contribution in [-0.2, 0) is 18.7 Å². The van der Waals surface area contributed by atoms with Crippen LogP contribution in [0.3, 0.4) is 0 Å². The molecule has 0 bridgehead atoms. The Morgan fingerprint density at radius 1 is 1.29 bits per heavy atom. The van der Waals surface area contributed by atoms with Crippen molar-refractivity contribution >= 4 is 14.3 Å². The second kappa shape index (κ2) is 7.30. The highest BCUT2D eigenvalue weighted by molar-refractivity contribution is 6.74. The van der Waals surface area contributed by atoms with Crippen molar-refractivity contribution in [3.8, 4) is 0 Å². The third kappa shape index (κ3) is 4.70. The second-order valence-corrected chi connectivity index (χ2v) is 13.6. The van der Waals surface area contributed by atoms with Crippen LogP contribution in [0.25, 0.3) is 0 Å². The fourth-order valence-electron chi connectivity index (χ4n) is 2.92. The highest BCUT2D eigenvalue weighted by Crippen LogP contribution is 2.39. The molecule has 1 heterocycles. The summed E-state index contributed by atoms with van der Waals surface area (Å²) in [7, 11) is -1.79. The smallest absolute Gasteiger partial charge is 0.343 e. The van der Waals surface area contributed by atoms with E-state index in [1.54, 1.807) is 0 Å². The molecule has 0 aromatic heterocycles. The lowest BCUT2D eigenvalue weighted by Gasteiger charge is -2.38. The van der Waals surface area contributed by atoms with E-state index < -0.39 is 13.9 Å². The van der Waals surface area contributed by atoms with Crippen molar-refractivity contribution in [3.63, 3.8) is 0 Å². The number of ether oxygens (including phenoxy) is 2. The number of carbonyl (C=O) groups is 1. The third-order valence-corrected chi connectivity index (χ3v) is 10.2. The van der Waals surface area contributed by atoms with Gasteiger partial charge in [0.1, 0.15) is 5.76 Å². The summed E-state index contributed by atoms with van der Waals surface area (Å²) in [6, 6.07) is 0. The van der Waals surface area contributed by atoms with E-state index in [-0.39, 0.29) is 17.1 Å². The van der Waals surface area contributed by atoms with Gasteiger partial charge in [-0.25, -0.2) is 4.79 Å². The Labute approximate surface area is 148 Å². The molecule has 1 aliphatic carbocycles. The zero-order valence-electron chi connectivity index (χ0n) is 16.2. The van der Waals surface area contributed by atoms with Crippen LogP contribution < -0.4 is 0 Å². The number of hydrogen-bond donors (Lipinski definition) is 0. The van der Waals surface area contributed by atoms with E-state index in [1.165, 1.54) is 0 Å². The predicted molar refractivity (Wildman–Crippen MR) is 98.3 cm³/mol. The van der Waals surface area contributed by atoms with E-state index in [0.29, 0.717) is 13.0 Å². The Balaban J connectivity index is 1.88. The van der Waals surface area contributed by atoms with Crippen molar-refractivity contribution in [1.29, 1.82) is 0 Å². The predicted octanol–water partition coefficient (Wildman–Crippen LogP) is 4.95. The van der Waals surface area contributed by atoms with Gasteiger partial charge in [0.2, 0.25) is 0 Å². The van der Waals surface area contributed by atoms with Crippen LogP contribution in [0.1, 0.15) is 66.2 Å². The molecule has 1 aliphatic heterocycles. The summed E-state index contributed by atoms with van der Waals surface area (Å²) in [5.74, 6) is 0.501. The molecule has 2 rings (SSSR count). The molecule has 0 radical (unpaired) electrons. The zero-order chi connectivity index (χ0) is 18.0. The highest BCUT2D eigenvalue weighted by atomic mass is 28.4. The van der Waals surface area contributed by atoms with Gasteiger partial charge in [0.15, 0.2) is 13.9 Å². The maximum atomic E-state index is 12.6. The average Bonchev–Trinajstić information content (AvgIpc) is 2.75. The van der Waals surface area contributed by atoms with Crippen LogP contribution in [0.2, 0.25) is 18.1 Å². The van der Waals surface area contributed by atoms with Gasteiger partial charge in [-0.15, -0.1) is 0 Å². The first-order chi connectivity index (χ1) is 11.0. The van der Waals surface area contributed by atoms with Gasteiger partial charge in [-0.05, 0) is 56.8 Å². The highest BCUT2D eigenvalue weighted by Gasteiger charge is 2.41. The van der Waals surface area contributed by atoms with Gasteiger partial charge < -0.3 is 13.9 Å². The summed E-state index contributed by atoms with van der Waals surface area (Å²) in [6.07, 6.45) is 7.56. The number of hydrogen-bond acceptors (Lipinski definition) is 4. The van der Waals surface area contributed by atoms with Crippen LogP contribution in [0.15, 0.2) is 11.8 Å². The Hall–Kier alpha value is -0.653. The largest absolute Gasteiger partial charge is 0.429 e. The minimum atomic E-state index is -1.79. The molecule has 1 unspecified atom stereocenters. The van der Waals surface area contributed by atoms with Crippen LogP contribution >= 0.6 is 0 Å². The van der Waals surface area contributed by atoms with Crippen molar-refractivity contribution < 1.29 is 18.7 Å². The molecule has 0 aromatic rings. The molecule has 5 heteroatoms. The van der Waals surface area contributed by atoms with E-state index in [4.69, 9.17) is 13.9 Å². The first kappa shape index (κ1) is 19.7. The molecule has 2 aliphatic rings. The number of rotatable bonds is 4. The van der Waals surface area contributed by atoms with Crippen molar-refractivity contribution in [2.75, 3.05) is 6.61 Å². The zero-order valence-corrected chi connectivity index (χ0v) is 17.2. The van der Waals surface area contributed by atoms with E-state index >= 15 is 0 Å². The Morgan fingerprint density at radius 2 is 2.00 bits per heavy atom. The molecule has 0 N–H and O–H groups in total. The Morgan fingerprint density at radius 3 is 2.67 bits per heavy atom. The second-order valence-electron chi connectivity index (χ2n) is 8.89. The lowest BCUT2D eigenvalue weighted by atomic mass is 9.99. The van der Waals surface area contributed by atoms with Crippen LogP contribution in [0.4, 0.5) is 0 Å². The molecular weight excluding hydrogens is 320 g/mol. The fourth-order valence-corrected chi connectivity index (χ4v) is 4.29. The molecule has 4 nitrogen and oxygen atoms in total. The lowest BCUT2D eigenvalue weighted by Crippen LogP contribution is -2.43. The van der Waals surface area contributed by atoms with Gasteiger partial charge in [0.25, 0.3) is 0 Å². The van der Waals surface area contributed by atoms with E-state index in [9.17, 15) is 4.79 Å². The standard InChI is InChI=1S/C19H34O4Si/c1-18(2,3)24(5,6)23-16-11-10-15(14-16)22-17(20)19(4)12-8-7-9-13-21-19/h10,16H,7-9,11-14H2,1-6H3/t16?,19-/m1/s1. The molecular formula is C19H34O4Si. The molecule has 1 fully saturated rings. The van der Waals surface area contributed by atoms with Gasteiger partial charge in [-0.2, -0.15) is 0 Å². The van der Waals surface area contributed by atoms with Crippen molar-refractivity contribution in [3.05, 3.63) is 11.8 Å². The fraction of sp³-hybridized carbons (Fsp3) is 0.842. The molecule has 1 saturated heterocycles. The summed E-state index contributed by atoms with van der Waals surface area (Å²) in [5, 5.41) is 0.189. The topological polar surface area (TPSA) is 44.8 Å². The summed E-state index contributed by atoms with van der Waals surface area (Å²) in [5.41, 5.74) is -0.796. The Bertz CT molecular complexity index is 482. The van der Waals surface area contributed by atoms with Gasteiger partial charge in [-0.1, -0.05) is 27.2 Å². The minimum absolute atomic E-state index is 0.136. The van der Waals surface area contributed by atoms with Crippen molar-refractivity contribution in [1.82, 2.24) is 0 Å². The summed E-state index contributed by atoms with van der Waals surface area (Å²) >= 11 is 0. The molecule has 138 valence electrons. The van der Waals surface area contributed by atoms with Crippen LogP contribution in [0, 0.1) is 0 Å².